The Morgan fingerprint density at radius 2 is 2.11 bits per heavy atom. The molecule has 1 aliphatic heterocycles. The molecule has 1 fully saturated rings. The van der Waals surface area contributed by atoms with E-state index in [1.54, 1.807) is 18.2 Å². The van der Waals surface area contributed by atoms with Gasteiger partial charge in [-0.05, 0) is 36.5 Å². The lowest BCUT2D eigenvalue weighted by Gasteiger charge is -2.23. The number of benzene rings is 1. The molecule has 186 valence electrons. The van der Waals surface area contributed by atoms with Gasteiger partial charge in [0.2, 0.25) is 5.95 Å². The minimum absolute atomic E-state index is 0.00798. The second-order valence-electron chi connectivity index (χ2n) is 10.3. The number of anilines is 2. The van der Waals surface area contributed by atoms with Gasteiger partial charge >= 0.3 is 0 Å². The fraction of sp³-hybridized carbons (Fsp3) is 0.346. The van der Waals surface area contributed by atoms with Gasteiger partial charge in [-0.3, -0.25) is 9.99 Å². The van der Waals surface area contributed by atoms with Crippen molar-refractivity contribution in [1.29, 1.82) is 5.26 Å². The van der Waals surface area contributed by atoms with Crippen molar-refractivity contribution in [3.63, 3.8) is 0 Å². The summed E-state index contributed by atoms with van der Waals surface area (Å²) in [5, 5.41) is 19.7. The van der Waals surface area contributed by atoms with Crippen LogP contribution in [0.5, 0.6) is 0 Å². The summed E-state index contributed by atoms with van der Waals surface area (Å²) >= 11 is 6.66. The molecule has 3 aromatic rings. The predicted molar refractivity (Wildman–Crippen MR) is 139 cm³/mol. The molecule has 3 heterocycles. The highest BCUT2D eigenvalue weighted by Crippen LogP contribution is 2.37. The number of hydrazine groups is 2. The molecular formula is C26H28ClFN8. The van der Waals surface area contributed by atoms with Crippen LogP contribution in [-0.2, 0) is 0 Å². The van der Waals surface area contributed by atoms with Crippen molar-refractivity contribution < 1.29 is 4.39 Å². The van der Waals surface area contributed by atoms with Gasteiger partial charge in [0.15, 0.2) is 0 Å². The Morgan fingerprint density at radius 1 is 1.31 bits per heavy atom. The number of hydrogen-bond donors (Lipinski definition) is 4. The van der Waals surface area contributed by atoms with Gasteiger partial charge in [0.05, 0.1) is 33.5 Å². The average Bonchev–Trinajstić information content (AvgIpc) is 3.57. The number of nitrogens with one attached hydrogen (secondary N) is 4. The number of rotatable bonds is 7. The maximum atomic E-state index is 14.8. The first-order valence-corrected chi connectivity index (χ1v) is 12.3. The molecule has 1 aliphatic carbocycles. The third kappa shape index (κ3) is 5.01. The third-order valence-electron chi connectivity index (χ3n) is 6.11. The summed E-state index contributed by atoms with van der Waals surface area (Å²) in [5.74, 6) is -0.560. The largest absolute Gasteiger partial charge is 0.383 e. The molecule has 2 aromatic heterocycles. The Balaban J connectivity index is 1.57. The van der Waals surface area contributed by atoms with Crippen molar-refractivity contribution in [3.8, 4) is 6.07 Å². The molecular weight excluding hydrogens is 479 g/mol. The first-order valence-electron chi connectivity index (χ1n) is 11.9. The van der Waals surface area contributed by atoms with Crippen LogP contribution in [0, 0.1) is 22.7 Å². The lowest BCUT2D eigenvalue weighted by molar-refractivity contribution is 0.260. The van der Waals surface area contributed by atoms with Crippen LogP contribution >= 0.6 is 11.6 Å². The van der Waals surface area contributed by atoms with Crippen LogP contribution in [0.25, 0.3) is 10.9 Å². The number of hydrogen-bond acceptors (Lipinski definition) is 8. The predicted octanol–water partition coefficient (Wildman–Crippen LogP) is 5.23. The molecule has 10 heteroatoms. The van der Waals surface area contributed by atoms with E-state index in [-0.39, 0.29) is 5.41 Å². The van der Waals surface area contributed by atoms with E-state index in [4.69, 9.17) is 11.6 Å². The normalized spacial score (nSPS) is 16.3. The van der Waals surface area contributed by atoms with E-state index in [0.29, 0.717) is 51.0 Å². The Labute approximate surface area is 214 Å². The van der Waals surface area contributed by atoms with Crippen LogP contribution in [0.15, 0.2) is 48.6 Å². The van der Waals surface area contributed by atoms with Gasteiger partial charge in [-0.15, -0.1) is 5.53 Å². The molecule has 4 N–H and O–H groups in total. The molecule has 1 atom stereocenters. The molecule has 0 saturated heterocycles. The zero-order valence-corrected chi connectivity index (χ0v) is 21.1. The molecule has 1 saturated carbocycles. The summed E-state index contributed by atoms with van der Waals surface area (Å²) in [6.45, 7) is 7.00. The molecule has 5 rings (SSSR count). The monoisotopic (exact) mass is 506 g/mol. The van der Waals surface area contributed by atoms with E-state index < -0.39 is 12.0 Å². The van der Waals surface area contributed by atoms with Gasteiger partial charge in [-0.1, -0.05) is 38.4 Å². The zero-order chi connectivity index (χ0) is 25.4. The lowest BCUT2D eigenvalue weighted by Crippen LogP contribution is -2.38. The van der Waals surface area contributed by atoms with E-state index >= 15 is 0 Å². The van der Waals surface area contributed by atoms with Crippen LogP contribution in [0.1, 0.15) is 50.8 Å². The summed E-state index contributed by atoms with van der Waals surface area (Å²) in [5.41, 5.74) is 9.79. The van der Waals surface area contributed by atoms with Gasteiger partial charge in [-0.25, -0.2) is 4.98 Å². The van der Waals surface area contributed by atoms with Crippen molar-refractivity contribution in [3.05, 3.63) is 70.7 Å². The molecule has 0 bridgehead atoms. The number of nitriles is 1. The average molecular weight is 507 g/mol. The molecule has 2 aliphatic rings. The summed E-state index contributed by atoms with van der Waals surface area (Å²) in [7, 11) is 0. The molecule has 1 aromatic carbocycles. The molecule has 8 nitrogen and oxygen atoms in total. The minimum atomic E-state index is -0.568. The highest BCUT2D eigenvalue weighted by atomic mass is 35.5. The van der Waals surface area contributed by atoms with E-state index in [1.165, 1.54) is 12.4 Å². The van der Waals surface area contributed by atoms with E-state index in [1.807, 2.05) is 17.3 Å². The Bertz CT molecular complexity index is 1370. The third-order valence-corrected chi connectivity index (χ3v) is 6.40. The number of aromatic nitrogens is 2. The van der Waals surface area contributed by atoms with Crippen LogP contribution in [0.2, 0.25) is 5.02 Å². The quantitative estimate of drug-likeness (QED) is 0.323. The molecule has 36 heavy (non-hydrogen) atoms. The highest BCUT2D eigenvalue weighted by molar-refractivity contribution is 6.35. The topological polar surface area (TPSA) is 101 Å². The summed E-state index contributed by atoms with van der Waals surface area (Å²) in [6.07, 6.45) is 7.13. The SMILES string of the molecule is CC(C)(C)CNc1c(C#N)cnc2c(Cl)cc(N[C@@H](C3=CN(C4CC4)NN3)c3cccnc3F)cc12. The zero-order valence-electron chi connectivity index (χ0n) is 20.4. The number of fused-ring (bicyclic) bond motifs is 1. The van der Waals surface area contributed by atoms with Crippen molar-refractivity contribution >= 4 is 33.9 Å². The Kier molecular flexibility index (Phi) is 6.33. The molecule has 0 spiro atoms. The summed E-state index contributed by atoms with van der Waals surface area (Å²) in [6, 6.07) is 9.15. The highest BCUT2D eigenvalue weighted by Gasteiger charge is 2.33. The Hall–Kier alpha value is -3.61. The first-order chi connectivity index (χ1) is 17.2. The minimum Gasteiger partial charge on any atom is -0.383 e. The maximum Gasteiger partial charge on any atom is 0.218 e. The van der Waals surface area contributed by atoms with Crippen molar-refractivity contribution in [1.82, 2.24) is 25.9 Å². The van der Waals surface area contributed by atoms with Crippen LogP contribution in [0.3, 0.4) is 0 Å². The number of pyridine rings is 2. The van der Waals surface area contributed by atoms with Crippen LogP contribution in [-0.4, -0.2) is 27.6 Å². The van der Waals surface area contributed by atoms with E-state index in [2.05, 4.69) is 58.4 Å². The number of nitrogens with zero attached hydrogens (tertiary/aromatic N) is 4. The van der Waals surface area contributed by atoms with Gasteiger partial charge in [0.25, 0.3) is 0 Å². The molecule has 0 amide bonds. The maximum absolute atomic E-state index is 14.8. The van der Waals surface area contributed by atoms with Gasteiger partial charge in [-0.2, -0.15) is 9.65 Å². The first kappa shape index (κ1) is 24.1. The smallest absolute Gasteiger partial charge is 0.218 e. The van der Waals surface area contributed by atoms with Gasteiger partial charge < -0.3 is 16.1 Å². The van der Waals surface area contributed by atoms with Crippen LogP contribution in [0.4, 0.5) is 15.8 Å². The Morgan fingerprint density at radius 3 is 2.81 bits per heavy atom. The van der Waals surface area contributed by atoms with Gasteiger partial charge in [0, 0.05) is 47.8 Å². The van der Waals surface area contributed by atoms with E-state index in [0.717, 1.165) is 18.5 Å². The molecule has 0 unspecified atom stereocenters. The fourth-order valence-corrected chi connectivity index (χ4v) is 4.38. The van der Waals surface area contributed by atoms with Gasteiger partial charge in [0.1, 0.15) is 6.07 Å². The summed E-state index contributed by atoms with van der Waals surface area (Å²) < 4.78 is 14.8. The van der Waals surface area contributed by atoms with E-state index in [9.17, 15) is 9.65 Å². The van der Waals surface area contributed by atoms with Crippen molar-refractivity contribution in [2.24, 2.45) is 5.41 Å². The van der Waals surface area contributed by atoms with Crippen LogP contribution < -0.4 is 21.6 Å². The number of halogens is 2. The fourth-order valence-electron chi connectivity index (χ4n) is 4.11. The summed E-state index contributed by atoms with van der Waals surface area (Å²) in [4.78, 5) is 8.28. The second kappa shape index (κ2) is 9.45. The lowest BCUT2D eigenvalue weighted by atomic mass is 9.96. The standard InChI is InChI=1S/C26H28ClFN8/c1-26(2,3)14-32-22-15(11-29)12-31-23-19(22)9-16(10-20(23)27)33-24(18-5-4-8-30-25(18)28)21-13-36(35-34-21)17-6-7-17/h4-5,8-10,12-13,17,24,33-35H,6-7,14H2,1-3H3,(H,31,32)/t24-/m1/s1. The van der Waals surface area contributed by atoms with Crippen molar-refractivity contribution in [2.45, 2.75) is 45.7 Å². The molecule has 0 radical (unpaired) electrons. The second-order valence-corrected chi connectivity index (χ2v) is 10.8. The van der Waals surface area contributed by atoms with Crippen molar-refractivity contribution in [2.75, 3.05) is 17.2 Å².